The molecule has 0 N–H and O–H groups in total. The van der Waals surface area contributed by atoms with Crippen LogP contribution in [0.15, 0.2) is 83.0 Å². The first-order chi connectivity index (χ1) is 27.7. The summed E-state index contributed by atoms with van der Waals surface area (Å²) in [7, 11) is 4.60. The van der Waals surface area contributed by atoms with Crippen LogP contribution in [0.1, 0.15) is 107 Å². The number of nitrogens with zero attached hydrogens (tertiary/aromatic N) is 4. The highest BCUT2D eigenvalue weighted by atomic mass is 32.4. The minimum atomic E-state index is -3.16. The first-order valence-corrected chi connectivity index (χ1v) is 28.6. The molecular formula is C43H62N4O4P4S3+2. The van der Waals surface area contributed by atoms with E-state index >= 15 is 0 Å². The van der Waals surface area contributed by atoms with Crippen molar-refractivity contribution in [3.63, 3.8) is 0 Å². The fourth-order valence-electron chi connectivity index (χ4n) is 7.82. The van der Waals surface area contributed by atoms with Crippen LogP contribution >= 0.6 is 28.6 Å². The summed E-state index contributed by atoms with van der Waals surface area (Å²) in [5, 5.41) is 8.95. The summed E-state index contributed by atoms with van der Waals surface area (Å²) < 4.78 is 33.1. The highest BCUT2D eigenvalue weighted by molar-refractivity contribution is 8.05. The molecule has 0 aliphatic heterocycles. The second-order valence-electron chi connectivity index (χ2n) is 15.4. The number of unbranched alkanes of at least 4 members (excludes halogenated alkanes) is 1. The number of hydrazone groups is 2. The molecule has 0 spiro atoms. The van der Waals surface area contributed by atoms with E-state index in [1.54, 1.807) is 0 Å². The van der Waals surface area contributed by atoms with Crippen molar-refractivity contribution in [2.75, 3.05) is 34.5 Å². The summed E-state index contributed by atoms with van der Waals surface area (Å²) in [6.45, 7) is 11.1. The molecule has 0 saturated heterocycles. The molecule has 8 atom stereocenters. The highest BCUT2D eigenvalue weighted by Crippen LogP contribution is 2.74. The van der Waals surface area contributed by atoms with Crippen LogP contribution in [-0.2, 0) is 60.4 Å². The van der Waals surface area contributed by atoms with Crippen molar-refractivity contribution in [3.8, 4) is 5.75 Å². The highest BCUT2D eigenvalue weighted by Gasteiger charge is 2.74. The van der Waals surface area contributed by atoms with E-state index in [4.69, 9.17) is 59.4 Å². The van der Waals surface area contributed by atoms with E-state index in [0.717, 1.165) is 36.6 Å². The van der Waals surface area contributed by atoms with Gasteiger partial charge in [0.25, 0.3) is 5.34 Å². The fraction of sp³-hybridized carbons (Fsp3) is 0.535. The minimum absolute atomic E-state index is 0.117. The molecule has 0 bridgehead atoms. The Morgan fingerprint density at radius 3 is 2.00 bits per heavy atom. The number of hydrogen-bond acceptors (Lipinski definition) is 9. The lowest BCUT2D eigenvalue weighted by atomic mass is 9.85. The van der Waals surface area contributed by atoms with E-state index in [-0.39, 0.29) is 11.3 Å². The van der Waals surface area contributed by atoms with Crippen molar-refractivity contribution in [2.24, 2.45) is 28.0 Å². The average molecular weight is 919 g/mol. The van der Waals surface area contributed by atoms with Gasteiger partial charge in [-0.2, -0.15) is 0 Å². The van der Waals surface area contributed by atoms with E-state index in [0.29, 0.717) is 35.8 Å². The third-order valence-corrected chi connectivity index (χ3v) is 22.2. The second-order valence-corrected chi connectivity index (χ2v) is 25.1. The predicted molar refractivity (Wildman–Crippen MR) is 258 cm³/mol. The quantitative estimate of drug-likeness (QED) is 0.0496. The first-order valence-electron chi connectivity index (χ1n) is 20.1. The third-order valence-electron chi connectivity index (χ3n) is 11.7. The fourth-order valence-corrected chi connectivity index (χ4v) is 15.4. The zero-order valence-electron chi connectivity index (χ0n) is 35.8. The Hall–Kier alpha value is -1.89. The van der Waals surface area contributed by atoms with Gasteiger partial charge in [-0.05, 0) is 60.0 Å². The molecule has 0 radical (unpaired) electrons. The minimum Gasteiger partial charge on any atom is -0.445 e. The number of ether oxygens (including phenoxy) is 1. The molecule has 58 heavy (non-hydrogen) atoms. The molecular weight excluding hydrogens is 857 g/mol. The lowest BCUT2D eigenvalue weighted by Gasteiger charge is -2.23. The van der Waals surface area contributed by atoms with E-state index in [9.17, 15) is 4.57 Å². The largest absolute Gasteiger partial charge is 0.445 e. The standard InChI is InChI=1S/C43H62N4O4P4S3/c1-11-14-15-32(4)40(30-52-56)37-22-16-34(17-23-37)28-45-47(8)54(58)43(33(5)41(43)12-2)38-24-18-35(19-25-38)29-44-46(7)53(57)42(6,13-3)51-39-26-20-36(21-27-39)31-55(48,49-9)50-10/h16-29,32-33,40-41H,11-15,30-31H2,1-10H3/q+2. The smallest absolute Gasteiger partial charge is 0.358 e. The third kappa shape index (κ3) is 11.7. The van der Waals surface area contributed by atoms with Gasteiger partial charge < -0.3 is 13.8 Å². The molecule has 15 heteroatoms. The topological polar surface area (TPSA) is 76.0 Å². The number of hydrogen-bond donors (Lipinski definition) is 0. The molecule has 3 aromatic carbocycles. The summed E-state index contributed by atoms with van der Waals surface area (Å²) in [4.78, 5) is 0. The van der Waals surface area contributed by atoms with E-state index in [1.807, 2.05) is 67.3 Å². The molecule has 1 saturated carbocycles. The van der Waals surface area contributed by atoms with Gasteiger partial charge in [0.1, 0.15) is 5.75 Å². The van der Waals surface area contributed by atoms with Crippen LogP contribution in [-0.4, -0.2) is 61.8 Å². The molecule has 1 aliphatic carbocycles. The van der Waals surface area contributed by atoms with Crippen molar-refractivity contribution in [3.05, 3.63) is 101 Å². The van der Waals surface area contributed by atoms with Gasteiger partial charge in [-0.1, -0.05) is 126 Å². The van der Waals surface area contributed by atoms with Gasteiger partial charge in [0.15, 0.2) is 28.8 Å². The van der Waals surface area contributed by atoms with Gasteiger partial charge in [0.05, 0.1) is 32.7 Å². The monoisotopic (exact) mass is 918 g/mol. The summed E-state index contributed by atoms with van der Waals surface area (Å²) in [5.41, 5.74) is 5.53. The summed E-state index contributed by atoms with van der Waals surface area (Å²) in [5.74, 6) is 2.75. The number of benzene rings is 3. The molecule has 8 unspecified atom stereocenters. The molecule has 3 aromatic rings. The normalized spacial score (nSPS) is 20.8. The summed E-state index contributed by atoms with van der Waals surface area (Å²) in [6.07, 6.45) is 10.5. The van der Waals surface area contributed by atoms with Crippen LogP contribution in [0.25, 0.3) is 0 Å². The Balaban J connectivity index is 1.43. The van der Waals surface area contributed by atoms with Crippen molar-refractivity contribution < 1.29 is 18.3 Å². The van der Waals surface area contributed by atoms with Crippen LogP contribution in [0.5, 0.6) is 5.75 Å². The Labute approximate surface area is 367 Å². The van der Waals surface area contributed by atoms with Gasteiger partial charge in [-0.15, -0.1) is 19.8 Å². The molecule has 0 amide bonds. The van der Waals surface area contributed by atoms with Gasteiger partial charge in [0.2, 0.25) is 0 Å². The SMILES string of the molecule is CCCCC(C)C(CP=S)c1ccc(C=NN(C)[P+](=S)C2(c3ccc(C=NN(C)[P+](=S)C(C)(CC)Oc4ccc(CP(=O)(OC)OC)cc4)cc3)C(C)C2CC)cc1. The lowest BCUT2D eigenvalue weighted by Crippen LogP contribution is -2.30. The molecule has 1 fully saturated rings. The van der Waals surface area contributed by atoms with Crippen molar-refractivity contribution in [1.82, 2.24) is 9.56 Å². The first kappa shape index (κ1) is 48.8. The zero-order valence-corrected chi connectivity index (χ0v) is 41.8. The Morgan fingerprint density at radius 1 is 0.931 bits per heavy atom. The van der Waals surface area contributed by atoms with Crippen molar-refractivity contribution in [2.45, 2.75) is 96.2 Å². The van der Waals surface area contributed by atoms with E-state index < -0.39 is 26.6 Å². The molecule has 0 heterocycles. The summed E-state index contributed by atoms with van der Waals surface area (Å²) in [6, 6.07) is 25.1. The summed E-state index contributed by atoms with van der Waals surface area (Å²) >= 11 is 17.8. The lowest BCUT2D eigenvalue weighted by molar-refractivity contribution is 0.171. The maximum Gasteiger partial charge on any atom is 0.358 e. The van der Waals surface area contributed by atoms with Crippen LogP contribution < -0.4 is 4.74 Å². The van der Waals surface area contributed by atoms with Crippen LogP contribution in [0.3, 0.4) is 0 Å². The molecule has 314 valence electrons. The van der Waals surface area contributed by atoms with Gasteiger partial charge in [-0.25, -0.2) is 0 Å². The molecule has 4 rings (SSSR count). The Bertz CT molecular complexity index is 1950. The maximum absolute atomic E-state index is 12.6. The number of rotatable bonds is 24. The Morgan fingerprint density at radius 2 is 1.50 bits per heavy atom. The molecule has 0 aromatic heterocycles. The van der Waals surface area contributed by atoms with Gasteiger partial charge in [-0.3, -0.25) is 4.57 Å². The van der Waals surface area contributed by atoms with Crippen LogP contribution in [0.2, 0.25) is 0 Å². The predicted octanol–water partition coefficient (Wildman–Crippen LogP) is 13.0. The van der Waals surface area contributed by atoms with E-state index in [2.05, 4.69) is 83.1 Å². The maximum atomic E-state index is 12.6. The van der Waals surface area contributed by atoms with Gasteiger partial charge >= 0.3 is 21.3 Å². The van der Waals surface area contributed by atoms with Gasteiger partial charge in [0, 0.05) is 51.1 Å². The molecule has 8 nitrogen and oxygen atoms in total. The van der Waals surface area contributed by atoms with Crippen molar-refractivity contribution in [1.29, 1.82) is 0 Å². The van der Waals surface area contributed by atoms with Crippen LogP contribution in [0.4, 0.5) is 0 Å². The second kappa shape index (κ2) is 22.3. The average Bonchev–Trinajstić information content (AvgIpc) is 3.86. The van der Waals surface area contributed by atoms with E-state index in [1.165, 1.54) is 44.6 Å². The zero-order chi connectivity index (χ0) is 42.7. The van der Waals surface area contributed by atoms with Crippen molar-refractivity contribution >= 4 is 76.5 Å². The Kier molecular flexibility index (Phi) is 18.7. The molecule has 1 aliphatic rings. The van der Waals surface area contributed by atoms with Crippen LogP contribution in [0, 0.1) is 17.8 Å².